The number of amides is 1. The van der Waals surface area contributed by atoms with E-state index in [1.807, 2.05) is 37.7 Å². The molecule has 2 heterocycles. The standard InChI is InChI=1S/C11H18N4O.C4H8O/c1-5-6-15-8(2)14(4)10-9(11(15)16)13(3)7-12-10;1-3-4(2)5/h7-8H,5-6H2,1-4H3;3H2,1-2H3. The molecule has 1 aliphatic rings. The maximum absolute atomic E-state index is 12.3. The third kappa shape index (κ3) is 3.62. The lowest BCUT2D eigenvalue weighted by Crippen LogP contribution is -2.53. The fourth-order valence-corrected chi connectivity index (χ4v) is 2.14. The first-order valence-electron chi connectivity index (χ1n) is 7.39. The minimum atomic E-state index is 0.0786. The van der Waals surface area contributed by atoms with Crippen LogP contribution in [0.15, 0.2) is 6.33 Å². The minimum Gasteiger partial charge on any atom is -0.337 e. The topological polar surface area (TPSA) is 58.4 Å². The normalized spacial score (nSPS) is 17.2. The van der Waals surface area contributed by atoms with Gasteiger partial charge in [-0.25, -0.2) is 4.98 Å². The summed E-state index contributed by atoms with van der Waals surface area (Å²) in [7, 11) is 3.84. The van der Waals surface area contributed by atoms with Crippen molar-refractivity contribution in [2.45, 2.75) is 46.7 Å². The van der Waals surface area contributed by atoms with Gasteiger partial charge < -0.3 is 19.2 Å². The first-order valence-corrected chi connectivity index (χ1v) is 7.39. The van der Waals surface area contributed by atoms with Crippen LogP contribution in [0.2, 0.25) is 0 Å². The molecule has 0 aromatic carbocycles. The van der Waals surface area contributed by atoms with Gasteiger partial charge in [0.15, 0.2) is 11.5 Å². The molecule has 118 valence electrons. The first kappa shape index (κ1) is 17.2. The Hall–Kier alpha value is -1.85. The monoisotopic (exact) mass is 294 g/mol. The molecule has 0 saturated heterocycles. The fourth-order valence-electron chi connectivity index (χ4n) is 2.14. The summed E-state index contributed by atoms with van der Waals surface area (Å²) >= 11 is 0. The molecule has 6 heteroatoms. The van der Waals surface area contributed by atoms with Gasteiger partial charge in [0.1, 0.15) is 11.9 Å². The number of hydrogen-bond acceptors (Lipinski definition) is 4. The number of aryl methyl sites for hydroxylation is 1. The van der Waals surface area contributed by atoms with Crippen molar-refractivity contribution in [1.29, 1.82) is 0 Å². The molecule has 0 bridgehead atoms. The summed E-state index contributed by atoms with van der Waals surface area (Å²) in [6.45, 7) is 8.33. The number of carbonyl (C=O) groups is 2. The SMILES string of the molecule is CCC(C)=O.CCCN1C(=O)c2c(ncn2C)N(C)C1C. The third-order valence-electron chi connectivity index (χ3n) is 3.69. The third-order valence-corrected chi connectivity index (χ3v) is 3.69. The van der Waals surface area contributed by atoms with E-state index in [2.05, 4.69) is 11.9 Å². The Labute approximate surface area is 126 Å². The van der Waals surface area contributed by atoms with Crippen molar-refractivity contribution in [1.82, 2.24) is 14.5 Å². The van der Waals surface area contributed by atoms with Crippen LogP contribution in [0.1, 0.15) is 51.0 Å². The van der Waals surface area contributed by atoms with Crippen LogP contribution in [-0.4, -0.2) is 45.9 Å². The van der Waals surface area contributed by atoms with Gasteiger partial charge in [-0.1, -0.05) is 13.8 Å². The molecule has 1 unspecified atom stereocenters. The van der Waals surface area contributed by atoms with Gasteiger partial charge in [-0.3, -0.25) is 4.79 Å². The molecule has 1 amide bonds. The van der Waals surface area contributed by atoms with E-state index in [-0.39, 0.29) is 17.9 Å². The number of hydrogen-bond donors (Lipinski definition) is 0. The Kier molecular flexibility index (Phi) is 5.93. The second-order valence-corrected chi connectivity index (χ2v) is 5.32. The van der Waals surface area contributed by atoms with Crippen LogP contribution in [0.4, 0.5) is 5.82 Å². The smallest absolute Gasteiger partial charge is 0.276 e. The second-order valence-electron chi connectivity index (χ2n) is 5.32. The molecule has 1 aromatic rings. The zero-order valence-corrected chi connectivity index (χ0v) is 13.9. The van der Waals surface area contributed by atoms with E-state index in [0.717, 1.165) is 18.8 Å². The molecule has 1 aliphatic heterocycles. The molecule has 0 spiro atoms. The van der Waals surface area contributed by atoms with Crippen molar-refractivity contribution in [2.24, 2.45) is 7.05 Å². The van der Waals surface area contributed by atoms with Crippen molar-refractivity contribution in [3.63, 3.8) is 0 Å². The van der Waals surface area contributed by atoms with E-state index in [4.69, 9.17) is 0 Å². The Morgan fingerprint density at radius 3 is 2.38 bits per heavy atom. The van der Waals surface area contributed by atoms with Gasteiger partial charge >= 0.3 is 0 Å². The summed E-state index contributed by atoms with van der Waals surface area (Å²) in [4.78, 5) is 30.3. The largest absolute Gasteiger partial charge is 0.337 e. The number of aromatic nitrogens is 2. The molecule has 1 atom stereocenters. The maximum Gasteiger partial charge on any atom is 0.276 e. The van der Waals surface area contributed by atoms with Crippen molar-refractivity contribution < 1.29 is 9.59 Å². The summed E-state index contributed by atoms with van der Waals surface area (Å²) in [5.74, 6) is 1.12. The van der Waals surface area contributed by atoms with Crippen LogP contribution in [0, 0.1) is 0 Å². The van der Waals surface area contributed by atoms with Crippen molar-refractivity contribution in [2.75, 3.05) is 18.5 Å². The van der Waals surface area contributed by atoms with Gasteiger partial charge in [-0.15, -0.1) is 0 Å². The van der Waals surface area contributed by atoms with Gasteiger partial charge in [-0.2, -0.15) is 0 Å². The summed E-state index contributed by atoms with van der Waals surface area (Å²) in [6, 6.07) is 0. The van der Waals surface area contributed by atoms with Crippen LogP contribution < -0.4 is 4.90 Å². The van der Waals surface area contributed by atoms with E-state index in [0.29, 0.717) is 12.1 Å². The van der Waals surface area contributed by atoms with Gasteiger partial charge in [-0.05, 0) is 20.3 Å². The summed E-state index contributed by atoms with van der Waals surface area (Å²) in [5, 5.41) is 0. The molecule has 1 aromatic heterocycles. The van der Waals surface area contributed by atoms with Crippen LogP contribution >= 0.6 is 0 Å². The summed E-state index contributed by atoms with van der Waals surface area (Å²) in [6.07, 6.45) is 3.41. The molecule has 0 fully saturated rings. The molecule has 2 rings (SSSR count). The highest BCUT2D eigenvalue weighted by atomic mass is 16.2. The predicted molar refractivity (Wildman–Crippen MR) is 83.4 cm³/mol. The number of nitrogens with zero attached hydrogens (tertiary/aromatic N) is 4. The van der Waals surface area contributed by atoms with E-state index in [1.165, 1.54) is 0 Å². The van der Waals surface area contributed by atoms with Crippen LogP contribution in [-0.2, 0) is 11.8 Å². The predicted octanol–water partition coefficient (Wildman–Crippen LogP) is 2.05. The summed E-state index contributed by atoms with van der Waals surface area (Å²) < 4.78 is 1.79. The first-order chi connectivity index (χ1) is 9.84. The van der Waals surface area contributed by atoms with Crippen molar-refractivity contribution in [3.8, 4) is 0 Å². The van der Waals surface area contributed by atoms with Gasteiger partial charge in [0.2, 0.25) is 0 Å². The van der Waals surface area contributed by atoms with Crippen LogP contribution in [0.3, 0.4) is 0 Å². The number of Topliss-reactive ketones (excluding diaryl/α,β-unsaturated/α-hetero) is 1. The molecule has 0 radical (unpaired) electrons. The Balaban J connectivity index is 0.000000383. The quantitative estimate of drug-likeness (QED) is 0.856. The molecule has 0 aliphatic carbocycles. The highest BCUT2D eigenvalue weighted by Gasteiger charge is 2.35. The van der Waals surface area contributed by atoms with E-state index < -0.39 is 0 Å². The van der Waals surface area contributed by atoms with E-state index in [9.17, 15) is 9.59 Å². The molecule has 21 heavy (non-hydrogen) atoms. The van der Waals surface area contributed by atoms with Gasteiger partial charge in [0.05, 0.1) is 6.33 Å². The number of anilines is 1. The lowest BCUT2D eigenvalue weighted by molar-refractivity contribution is -0.116. The number of imidazole rings is 1. The number of carbonyl (C=O) groups excluding carboxylic acids is 2. The minimum absolute atomic E-state index is 0.0786. The number of ketones is 1. The van der Waals surface area contributed by atoms with Crippen molar-refractivity contribution >= 4 is 17.5 Å². The fraction of sp³-hybridized carbons (Fsp3) is 0.667. The molecular formula is C15H26N4O2. The maximum atomic E-state index is 12.3. The Morgan fingerprint density at radius 1 is 1.33 bits per heavy atom. The molecule has 6 nitrogen and oxygen atoms in total. The zero-order valence-electron chi connectivity index (χ0n) is 13.9. The van der Waals surface area contributed by atoms with E-state index in [1.54, 1.807) is 17.8 Å². The molecular weight excluding hydrogens is 268 g/mol. The second kappa shape index (κ2) is 7.24. The molecule has 0 N–H and O–H groups in total. The van der Waals surface area contributed by atoms with E-state index >= 15 is 0 Å². The molecule has 0 saturated carbocycles. The van der Waals surface area contributed by atoms with Crippen molar-refractivity contribution in [3.05, 3.63) is 12.0 Å². The highest BCUT2D eigenvalue weighted by molar-refractivity contribution is 5.99. The lowest BCUT2D eigenvalue weighted by Gasteiger charge is -2.40. The lowest BCUT2D eigenvalue weighted by atomic mass is 10.2. The Morgan fingerprint density at radius 2 is 1.90 bits per heavy atom. The van der Waals surface area contributed by atoms with Crippen LogP contribution in [0.5, 0.6) is 0 Å². The van der Waals surface area contributed by atoms with Gasteiger partial charge in [0.25, 0.3) is 5.91 Å². The Bertz CT molecular complexity index is 510. The number of rotatable bonds is 3. The van der Waals surface area contributed by atoms with Gasteiger partial charge in [0, 0.05) is 27.1 Å². The zero-order chi connectivity index (χ0) is 16.2. The average Bonchev–Trinajstić information content (AvgIpc) is 2.84. The summed E-state index contributed by atoms with van der Waals surface area (Å²) in [5.41, 5.74) is 0.689. The van der Waals surface area contributed by atoms with Crippen LogP contribution in [0.25, 0.3) is 0 Å². The average molecular weight is 294 g/mol. The highest BCUT2D eigenvalue weighted by Crippen LogP contribution is 2.27. The number of fused-ring (bicyclic) bond motifs is 1.